The van der Waals surface area contributed by atoms with Crippen LogP contribution in [0, 0.1) is 11.3 Å². The number of hydrogen-bond acceptors (Lipinski definition) is 3. The van der Waals surface area contributed by atoms with Crippen LogP contribution < -0.4 is 5.46 Å². The molecule has 0 aromatic heterocycles. The Labute approximate surface area is 139 Å². The lowest BCUT2D eigenvalue weighted by molar-refractivity contribution is -0.137. The van der Waals surface area contributed by atoms with Gasteiger partial charge in [-0.3, -0.25) is 0 Å². The molecule has 3 nitrogen and oxygen atoms in total. The number of hydrogen-bond donors (Lipinski definition) is 0. The fraction of sp³-hybridized carbons (Fsp3) is 0.588. The van der Waals surface area contributed by atoms with E-state index in [1.165, 1.54) is 12.1 Å². The van der Waals surface area contributed by atoms with Crippen LogP contribution in [0.3, 0.4) is 0 Å². The molecule has 2 fully saturated rings. The Morgan fingerprint density at radius 1 is 1.12 bits per heavy atom. The molecule has 1 aliphatic carbocycles. The highest BCUT2D eigenvalue weighted by atomic mass is 19.4. The van der Waals surface area contributed by atoms with Gasteiger partial charge in [0.15, 0.2) is 0 Å². The van der Waals surface area contributed by atoms with Gasteiger partial charge in [-0.15, -0.1) is 0 Å². The van der Waals surface area contributed by atoms with E-state index in [0.717, 1.165) is 0 Å². The lowest BCUT2D eigenvalue weighted by atomic mass is 9.73. The van der Waals surface area contributed by atoms with Crippen LogP contribution in [0.5, 0.6) is 0 Å². The molecule has 128 valence electrons. The first kappa shape index (κ1) is 17.3. The molecule has 0 radical (unpaired) electrons. The molecule has 2 aliphatic rings. The smallest absolute Gasteiger partial charge is 0.399 e. The third kappa shape index (κ3) is 2.82. The Balaban J connectivity index is 2.17. The number of nitriles is 1. The van der Waals surface area contributed by atoms with Gasteiger partial charge in [-0.2, -0.15) is 18.4 Å². The minimum absolute atomic E-state index is 0.0953. The summed E-state index contributed by atoms with van der Waals surface area (Å²) in [6.45, 7) is 7.15. The van der Waals surface area contributed by atoms with Crippen LogP contribution in [-0.4, -0.2) is 18.3 Å². The SMILES string of the molecule is CC1(C)OB(c2cc(C#N)cc(C3CC3)c2C(F)(F)F)OC1(C)C. The van der Waals surface area contributed by atoms with Crippen molar-refractivity contribution in [3.63, 3.8) is 0 Å². The zero-order valence-corrected chi connectivity index (χ0v) is 14.1. The Kier molecular flexibility index (Phi) is 3.78. The molecule has 0 atom stereocenters. The van der Waals surface area contributed by atoms with E-state index in [1.807, 2.05) is 6.07 Å². The van der Waals surface area contributed by atoms with E-state index in [-0.39, 0.29) is 22.5 Å². The summed E-state index contributed by atoms with van der Waals surface area (Å²) in [4.78, 5) is 0. The summed E-state index contributed by atoms with van der Waals surface area (Å²) >= 11 is 0. The highest BCUT2D eigenvalue weighted by Crippen LogP contribution is 2.46. The molecule has 0 amide bonds. The summed E-state index contributed by atoms with van der Waals surface area (Å²) in [6, 6.07) is 4.56. The second-order valence-electron chi connectivity index (χ2n) is 7.50. The van der Waals surface area contributed by atoms with Crippen LogP contribution in [0.4, 0.5) is 13.2 Å². The average Bonchev–Trinajstić information content (AvgIpc) is 3.24. The van der Waals surface area contributed by atoms with Gasteiger partial charge in [-0.25, -0.2) is 0 Å². The second kappa shape index (κ2) is 5.24. The lowest BCUT2D eigenvalue weighted by Gasteiger charge is -2.32. The van der Waals surface area contributed by atoms with Gasteiger partial charge in [-0.1, -0.05) is 0 Å². The van der Waals surface area contributed by atoms with Gasteiger partial charge in [0.2, 0.25) is 0 Å². The maximum atomic E-state index is 13.8. The van der Waals surface area contributed by atoms with Gasteiger partial charge in [0, 0.05) is 0 Å². The summed E-state index contributed by atoms with van der Waals surface area (Å²) in [6.07, 6.45) is -3.10. The van der Waals surface area contributed by atoms with Crippen LogP contribution in [-0.2, 0) is 15.5 Å². The molecular formula is C17H19BF3NO2. The van der Waals surface area contributed by atoms with E-state index in [2.05, 4.69) is 0 Å². The molecule has 1 heterocycles. The zero-order valence-electron chi connectivity index (χ0n) is 14.1. The largest absolute Gasteiger partial charge is 0.495 e. The molecule has 1 saturated heterocycles. The first-order valence-corrected chi connectivity index (χ1v) is 7.97. The van der Waals surface area contributed by atoms with Crippen LogP contribution >= 0.6 is 0 Å². The van der Waals surface area contributed by atoms with E-state index in [0.29, 0.717) is 12.8 Å². The number of alkyl halides is 3. The highest BCUT2D eigenvalue weighted by Gasteiger charge is 2.54. The zero-order chi connectivity index (χ0) is 17.9. The summed E-state index contributed by atoms with van der Waals surface area (Å²) in [7, 11) is -1.14. The fourth-order valence-electron chi connectivity index (χ4n) is 2.95. The molecule has 0 spiro atoms. The topological polar surface area (TPSA) is 42.2 Å². The predicted molar refractivity (Wildman–Crippen MR) is 83.9 cm³/mol. The molecule has 24 heavy (non-hydrogen) atoms. The van der Waals surface area contributed by atoms with E-state index in [9.17, 15) is 18.4 Å². The van der Waals surface area contributed by atoms with Crippen LogP contribution in [0.25, 0.3) is 0 Å². The van der Waals surface area contributed by atoms with Crippen molar-refractivity contribution in [2.24, 2.45) is 0 Å². The van der Waals surface area contributed by atoms with E-state index < -0.39 is 30.1 Å². The van der Waals surface area contributed by atoms with Crippen molar-refractivity contribution in [1.29, 1.82) is 5.26 Å². The molecule has 3 rings (SSSR count). The predicted octanol–water partition coefficient (Wildman–Crippen LogP) is 3.75. The minimum Gasteiger partial charge on any atom is -0.399 e. The van der Waals surface area contributed by atoms with Crippen molar-refractivity contribution in [1.82, 2.24) is 0 Å². The fourth-order valence-corrected chi connectivity index (χ4v) is 2.95. The number of halogens is 3. The van der Waals surface area contributed by atoms with Gasteiger partial charge in [0.25, 0.3) is 0 Å². The summed E-state index contributed by atoms with van der Waals surface area (Å²) in [5, 5.41) is 9.22. The number of nitrogens with zero attached hydrogens (tertiary/aromatic N) is 1. The normalized spacial score (nSPS) is 22.5. The second-order valence-corrected chi connectivity index (χ2v) is 7.50. The third-order valence-corrected chi connectivity index (χ3v) is 5.14. The van der Waals surface area contributed by atoms with Crippen molar-refractivity contribution >= 4 is 12.6 Å². The molecule has 1 aromatic rings. The first-order valence-electron chi connectivity index (χ1n) is 7.97. The van der Waals surface area contributed by atoms with Crippen LogP contribution in [0.1, 0.15) is 63.1 Å². The first-order chi connectivity index (χ1) is 11.0. The van der Waals surface area contributed by atoms with E-state index in [4.69, 9.17) is 9.31 Å². The summed E-state index contributed by atoms with van der Waals surface area (Å²) in [5.41, 5.74) is -1.91. The van der Waals surface area contributed by atoms with Gasteiger partial charge >= 0.3 is 13.3 Å². The van der Waals surface area contributed by atoms with Gasteiger partial charge < -0.3 is 9.31 Å². The maximum Gasteiger partial charge on any atom is 0.495 e. The van der Waals surface area contributed by atoms with Crippen molar-refractivity contribution < 1.29 is 22.5 Å². The number of benzene rings is 1. The standard InChI is InChI=1S/C17H19BF3NO2/c1-15(2)16(3,4)24-18(23-15)13-8-10(9-22)7-12(11-5-6-11)14(13)17(19,20)21/h7-8,11H,5-6H2,1-4H3. The quantitative estimate of drug-likeness (QED) is 0.772. The van der Waals surface area contributed by atoms with Crippen molar-refractivity contribution in [2.75, 3.05) is 0 Å². The Bertz CT molecular complexity index is 702. The van der Waals surface area contributed by atoms with E-state index >= 15 is 0 Å². The van der Waals surface area contributed by atoms with Gasteiger partial charge in [-0.05, 0) is 69.6 Å². The third-order valence-electron chi connectivity index (χ3n) is 5.14. The van der Waals surface area contributed by atoms with Crippen LogP contribution in [0.2, 0.25) is 0 Å². The molecule has 0 N–H and O–H groups in total. The molecular weight excluding hydrogens is 318 g/mol. The monoisotopic (exact) mass is 337 g/mol. The molecule has 1 aliphatic heterocycles. The van der Waals surface area contributed by atoms with Gasteiger partial charge in [0.1, 0.15) is 0 Å². The van der Waals surface area contributed by atoms with Crippen molar-refractivity contribution in [3.8, 4) is 6.07 Å². The van der Waals surface area contributed by atoms with Crippen molar-refractivity contribution in [3.05, 3.63) is 28.8 Å². The van der Waals surface area contributed by atoms with Crippen LogP contribution in [0.15, 0.2) is 12.1 Å². The minimum atomic E-state index is -4.52. The summed E-state index contributed by atoms with van der Waals surface area (Å²) < 4.78 is 52.9. The molecule has 0 unspecified atom stereocenters. The molecule has 1 saturated carbocycles. The molecule has 7 heteroatoms. The average molecular weight is 337 g/mol. The van der Waals surface area contributed by atoms with Gasteiger partial charge in [0.05, 0.1) is 28.4 Å². The molecule has 0 bridgehead atoms. The van der Waals surface area contributed by atoms with Crippen molar-refractivity contribution in [2.45, 2.75) is 63.8 Å². The highest BCUT2D eigenvalue weighted by molar-refractivity contribution is 6.62. The lowest BCUT2D eigenvalue weighted by Crippen LogP contribution is -2.41. The van der Waals surface area contributed by atoms with E-state index in [1.54, 1.807) is 27.7 Å². The Morgan fingerprint density at radius 3 is 2.08 bits per heavy atom. The number of rotatable bonds is 2. The Hall–Kier alpha value is -1.52. The Morgan fingerprint density at radius 2 is 1.67 bits per heavy atom. The maximum absolute atomic E-state index is 13.8. The summed E-state index contributed by atoms with van der Waals surface area (Å²) in [5.74, 6) is -0.143. The molecule has 1 aromatic carbocycles.